The number of aliphatic hydroxyl groups excluding tert-OH is 1. The molecule has 3 saturated carbocycles. The SMILES string of the molecule is CC1(C)O[C@@H]2C[C@H]3[C@@H]4CCC5=CC(=O)CC[C@]5(C)[C@H]4CC[C@]3(C)[C@]2(C(=O)CO)O1. The van der Waals surface area contributed by atoms with E-state index >= 15 is 0 Å². The van der Waals surface area contributed by atoms with E-state index in [2.05, 4.69) is 13.8 Å². The molecule has 4 aliphatic carbocycles. The largest absolute Gasteiger partial charge is 0.388 e. The smallest absolute Gasteiger partial charge is 0.193 e. The van der Waals surface area contributed by atoms with Crippen molar-refractivity contribution in [3.05, 3.63) is 11.6 Å². The van der Waals surface area contributed by atoms with Gasteiger partial charge in [-0.15, -0.1) is 0 Å². The van der Waals surface area contributed by atoms with Gasteiger partial charge in [-0.1, -0.05) is 19.4 Å². The molecule has 160 valence electrons. The van der Waals surface area contributed by atoms with Gasteiger partial charge in [0.25, 0.3) is 0 Å². The summed E-state index contributed by atoms with van der Waals surface area (Å²) in [6, 6.07) is 0. The van der Waals surface area contributed by atoms with Gasteiger partial charge in [-0.3, -0.25) is 9.59 Å². The van der Waals surface area contributed by atoms with E-state index in [4.69, 9.17) is 9.47 Å². The molecule has 0 aromatic carbocycles. The first-order chi connectivity index (χ1) is 13.6. The maximum absolute atomic E-state index is 13.2. The first-order valence-corrected chi connectivity index (χ1v) is 11.3. The summed E-state index contributed by atoms with van der Waals surface area (Å²) in [5, 5.41) is 9.84. The van der Waals surface area contributed by atoms with Crippen molar-refractivity contribution in [2.24, 2.45) is 28.6 Å². The molecule has 5 nitrogen and oxygen atoms in total. The lowest BCUT2D eigenvalue weighted by molar-refractivity contribution is -0.215. The highest BCUT2D eigenvalue weighted by molar-refractivity contribution is 5.92. The van der Waals surface area contributed by atoms with E-state index in [9.17, 15) is 14.7 Å². The number of hydrogen-bond acceptors (Lipinski definition) is 5. The van der Waals surface area contributed by atoms with Gasteiger partial charge in [0.15, 0.2) is 23.0 Å². The minimum atomic E-state index is -1.04. The topological polar surface area (TPSA) is 72.8 Å². The molecule has 1 aliphatic heterocycles. The lowest BCUT2D eigenvalue weighted by Crippen LogP contribution is -2.61. The second-order valence-corrected chi connectivity index (χ2v) is 11.1. The van der Waals surface area contributed by atoms with E-state index in [0.29, 0.717) is 24.2 Å². The number of rotatable bonds is 2. The second-order valence-electron chi connectivity index (χ2n) is 11.1. The molecule has 0 unspecified atom stereocenters. The third-order valence-corrected chi connectivity index (χ3v) is 9.51. The number of fused-ring (bicyclic) bond motifs is 7. The van der Waals surface area contributed by atoms with Crippen molar-refractivity contribution in [2.75, 3.05) is 6.61 Å². The fraction of sp³-hybridized carbons (Fsp3) is 0.833. The van der Waals surface area contributed by atoms with Gasteiger partial charge >= 0.3 is 0 Å². The second kappa shape index (κ2) is 6.02. The summed E-state index contributed by atoms with van der Waals surface area (Å²) in [6.45, 7) is 7.83. The predicted molar refractivity (Wildman–Crippen MR) is 107 cm³/mol. The molecule has 1 heterocycles. The third kappa shape index (κ3) is 2.38. The number of allylic oxidation sites excluding steroid dienone is 1. The van der Waals surface area contributed by atoms with Crippen molar-refractivity contribution in [3.63, 3.8) is 0 Å². The molecule has 1 saturated heterocycles. The van der Waals surface area contributed by atoms with Crippen LogP contribution in [0, 0.1) is 28.6 Å². The van der Waals surface area contributed by atoms with Crippen LogP contribution >= 0.6 is 0 Å². The first-order valence-electron chi connectivity index (χ1n) is 11.3. The Labute approximate surface area is 173 Å². The monoisotopic (exact) mass is 402 g/mol. The number of aliphatic hydroxyl groups is 1. The van der Waals surface area contributed by atoms with Gasteiger partial charge in [0.05, 0.1) is 6.10 Å². The van der Waals surface area contributed by atoms with E-state index in [1.54, 1.807) is 0 Å². The standard InChI is InChI=1S/C24H34O5/c1-21(2)28-20-12-18-16-6-5-14-11-15(26)7-9-22(14,3)17(16)8-10-23(18,4)24(20,29-21)19(27)13-25/h11,16-18,20,25H,5-10,12-13H2,1-4H3/t16-,17+,18+,20-,22+,23+,24-/m1/s1. The molecule has 0 aromatic rings. The molecular formula is C24H34O5. The Morgan fingerprint density at radius 3 is 2.62 bits per heavy atom. The number of carbonyl (C=O) groups is 2. The molecule has 5 heteroatoms. The molecule has 1 N–H and O–H groups in total. The van der Waals surface area contributed by atoms with Crippen molar-refractivity contribution in [1.82, 2.24) is 0 Å². The van der Waals surface area contributed by atoms with Gasteiger partial charge in [-0.25, -0.2) is 0 Å². The van der Waals surface area contributed by atoms with Crippen molar-refractivity contribution in [2.45, 2.75) is 90.1 Å². The summed E-state index contributed by atoms with van der Waals surface area (Å²) in [5.74, 6) is 0.647. The highest BCUT2D eigenvalue weighted by atomic mass is 16.8. The zero-order chi connectivity index (χ0) is 20.8. The molecule has 0 radical (unpaired) electrons. The maximum atomic E-state index is 13.2. The number of carbonyl (C=O) groups excluding carboxylic acids is 2. The Bertz CT molecular complexity index is 799. The first kappa shape index (κ1) is 19.9. The average molecular weight is 403 g/mol. The Morgan fingerprint density at radius 1 is 1.14 bits per heavy atom. The van der Waals surface area contributed by atoms with Gasteiger partial charge in [0.1, 0.15) is 6.61 Å². The third-order valence-electron chi connectivity index (χ3n) is 9.51. The van der Waals surface area contributed by atoms with Crippen molar-refractivity contribution < 1.29 is 24.2 Å². The maximum Gasteiger partial charge on any atom is 0.193 e. The van der Waals surface area contributed by atoms with Crippen LogP contribution in [0.3, 0.4) is 0 Å². The van der Waals surface area contributed by atoms with E-state index in [0.717, 1.165) is 38.5 Å². The molecule has 5 rings (SSSR count). The van der Waals surface area contributed by atoms with Crippen LogP contribution in [0.5, 0.6) is 0 Å². The lowest BCUT2D eigenvalue weighted by atomic mass is 9.46. The summed E-state index contributed by atoms with van der Waals surface area (Å²) >= 11 is 0. The highest BCUT2D eigenvalue weighted by Crippen LogP contribution is 2.70. The van der Waals surface area contributed by atoms with Gasteiger partial charge in [0, 0.05) is 11.8 Å². The fourth-order valence-corrected chi connectivity index (χ4v) is 8.28. The Kier molecular flexibility index (Phi) is 4.13. The van der Waals surface area contributed by atoms with Crippen LogP contribution in [0.1, 0.15) is 72.6 Å². The van der Waals surface area contributed by atoms with Crippen molar-refractivity contribution >= 4 is 11.6 Å². The van der Waals surface area contributed by atoms with Crippen LogP contribution in [0.25, 0.3) is 0 Å². The zero-order valence-electron chi connectivity index (χ0n) is 18.1. The van der Waals surface area contributed by atoms with Gasteiger partial charge in [0.2, 0.25) is 0 Å². The summed E-state index contributed by atoms with van der Waals surface area (Å²) in [4.78, 5) is 25.2. The number of Topliss-reactive ketones (excluding diaryl/α,β-unsaturated/α-hetero) is 1. The van der Waals surface area contributed by atoms with Crippen LogP contribution < -0.4 is 0 Å². The van der Waals surface area contributed by atoms with E-state index in [1.165, 1.54) is 5.57 Å². The molecule has 0 aromatic heterocycles. The van der Waals surface area contributed by atoms with Crippen molar-refractivity contribution in [1.29, 1.82) is 0 Å². The molecule has 4 fully saturated rings. The minimum Gasteiger partial charge on any atom is -0.388 e. The minimum absolute atomic E-state index is 0.102. The van der Waals surface area contributed by atoms with Crippen LogP contribution in [0.4, 0.5) is 0 Å². The summed E-state index contributed by atoms with van der Waals surface area (Å²) < 4.78 is 12.7. The lowest BCUT2D eigenvalue weighted by Gasteiger charge is -2.59. The van der Waals surface area contributed by atoms with Gasteiger partial charge < -0.3 is 14.6 Å². The number of hydrogen-bond donors (Lipinski definition) is 1. The van der Waals surface area contributed by atoms with E-state index < -0.39 is 18.0 Å². The normalized spacial score (nSPS) is 50.2. The Hall–Kier alpha value is -1.04. The predicted octanol–water partition coefficient (Wildman–Crippen LogP) is 3.58. The molecule has 0 spiro atoms. The quantitative estimate of drug-likeness (QED) is 0.764. The summed E-state index contributed by atoms with van der Waals surface area (Å²) in [6.07, 6.45) is 8.06. The van der Waals surface area contributed by atoms with Crippen LogP contribution in [0.15, 0.2) is 11.6 Å². The zero-order valence-corrected chi connectivity index (χ0v) is 18.1. The van der Waals surface area contributed by atoms with Crippen LogP contribution in [-0.4, -0.2) is 40.8 Å². The molecular weight excluding hydrogens is 368 g/mol. The number of ether oxygens (including phenoxy) is 2. The van der Waals surface area contributed by atoms with E-state index in [-0.39, 0.29) is 28.5 Å². The highest BCUT2D eigenvalue weighted by Gasteiger charge is 2.75. The average Bonchev–Trinajstić information content (AvgIpc) is 3.07. The molecule has 5 aliphatic rings. The van der Waals surface area contributed by atoms with Gasteiger partial charge in [-0.2, -0.15) is 0 Å². The summed E-state index contributed by atoms with van der Waals surface area (Å²) in [5.41, 5.74) is 0.0893. The number of ketones is 2. The fourth-order valence-electron chi connectivity index (χ4n) is 8.28. The molecule has 29 heavy (non-hydrogen) atoms. The van der Waals surface area contributed by atoms with Crippen LogP contribution in [-0.2, 0) is 19.1 Å². The molecule has 0 amide bonds. The Morgan fingerprint density at radius 2 is 1.90 bits per heavy atom. The van der Waals surface area contributed by atoms with Gasteiger partial charge in [-0.05, 0) is 81.6 Å². The summed E-state index contributed by atoms with van der Waals surface area (Å²) in [7, 11) is 0. The van der Waals surface area contributed by atoms with Crippen LogP contribution in [0.2, 0.25) is 0 Å². The molecule has 0 bridgehead atoms. The van der Waals surface area contributed by atoms with E-state index in [1.807, 2.05) is 19.9 Å². The van der Waals surface area contributed by atoms with Crippen molar-refractivity contribution in [3.8, 4) is 0 Å². The Balaban J connectivity index is 1.54. The molecule has 7 atom stereocenters.